The summed E-state index contributed by atoms with van der Waals surface area (Å²) in [7, 11) is 0. The van der Waals surface area contributed by atoms with Gasteiger partial charge in [-0.1, -0.05) is 0 Å². The van der Waals surface area contributed by atoms with Crippen molar-refractivity contribution in [2.45, 2.75) is 25.7 Å². The predicted molar refractivity (Wildman–Crippen MR) is 92.8 cm³/mol. The molecule has 0 bridgehead atoms. The minimum Gasteiger partial charge on any atom is -0.356 e. The number of rotatable bonds is 3. The number of piperidine rings is 1. The molecule has 1 fully saturated rings. The second-order valence-electron chi connectivity index (χ2n) is 6.21. The van der Waals surface area contributed by atoms with Gasteiger partial charge in [0.05, 0.1) is 0 Å². The maximum Gasteiger partial charge on any atom is 0.163 e. The predicted octanol–water partition coefficient (Wildman–Crippen LogP) is 2.95. The first-order valence-electron chi connectivity index (χ1n) is 8.30. The number of hydrogen-bond donors (Lipinski definition) is 1. The lowest BCUT2D eigenvalue weighted by Crippen LogP contribution is -2.33. The lowest BCUT2D eigenvalue weighted by atomic mass is 9.94. The summed E-state index contributed by atoms with van der Waals surface area (Å²) < 4.78 is 0. The summed E-state index contributed by atoms with van der Waals surface area (Å²) in [6, 6.07) is 8.05. The number of pyridine rings is 1. The number of aromatic amines is 1. The SMILES string of the molecule is Cc1cc(N2CCC(c3ccn[nH]3)CC2)nc(-c2cccnc2)n1. The van der Waals surface area contributed by atoms with Crippen molar-refractivity contribution in [3.8, 4) is 11.4 Å². The molecule has 4 heterocycles. The van der Waals surface area contributed by atoms with Gasteiger partial charge in [-0.25, -0.2) is 9.97 Å². The summed E-state index contributed by atoms with van der Waals surface area (Å²) in [5.74, 6) is 2.31. The molecule has 122 valence electrons. The van der Waals surface area contributed by atoms with Crippen LogP contribution in [0.3, 0.4) is 0 Å². The van der Waals surface area contributed by atoms with Gasteiger partial charge in [0.1, 0.15) is 5.82 Å². The van der Waals surface area contributed by atoms with Gasteiger partial charge in [-0.15, -0.1) is 0 Å². The Kier molecular flexibility index (Phi) is 3.94. The highest BCUT2D eigenvalue weighted by Gasteiger charge is 2.23. The zero-order valence-electron chi connectivity index (χ0n) is 13.7. The molecule has 1 saturated heterocycles. The second-order valence-corrected chi connectivity index (χ2v) is 6.21. The Morgan fingerprint density at radius 2 is 2.00 bits per heavy atom. The summed E-state index contributed by atoms with van der Waals surface area (Å²) in [5, 5.41) is 7.17. The van der Waals surface area contributed by atoms with Crippen LogP contribution in [0.15, 0.2) is 42.9 Å². The lowest BCUT2D eigenvalue weighted by Gasteiger charge is -2.32. The molecular formula is C18H20N6. The fraction of sp³-hybridized carbons (Fsp3) is 0.333. The third-order valence-corrected chi connectivity index (χ3v) is 4.54. The summed E-state index contributed by atoms with van der Waals surface area (Å²) in [6.45, 7) is 4.00. The number of anilines is 1. The molecule has 0 radical (unpaired) electrons. The van der Waals surface area contributed by atoms with Crippen LogP contribution in [-0.2, 0) is 0 Å². The van der Waals surface area contributed by atoms with Gasteiger partial charge in [0, 0.05) is 60.6 Å². The molecular weight excluding hydrogens is 300 g/mol. The van der Waals surface area contributed by atoms with E-state index in [4.69, 9.17) is 4.98 Å². The molecule has 0 saturated carbocycles. The third-order valence-electron chi connectivity index (χ3n) is 4.54. The molecule has 3 aromatic rings. The fourth-order valence-electron chi connectivity index (χ4n) is 3.25. The molecule has 0 unspecified atom stereocenters. The Morgan fingerprint density at radius 1 is 1.12 bits per heavy atom. The zero-order valence-corrected chi connectivity index (χ0v) is 13.7. The van der Waals surface area contributed by atoms with Crippen molar-refractivity contribution < 1.29 is 0 Å². The van der Waals surface area contributed by atoms with Gasteiger partial charge in [-0.3, -0.25) is 10.1 Å². The van der Waals surface area contributed by atoms with E-state index in [9.17, 15) is 0 Å². The average Bonchev–Trinajstić information content (AvgIpc) is 3.17. The van der Waals surface area contributed by atoms with E-state index < -0.39 is 0 Å². The summed E-state index contributed by atoms with van der Waals surface area (Å²) in [5.41, 5.74) is 3.17. The first-order valence-corrected chi connectivity index (χ1v) is 8.30. The highest BCUT2D eigenvalue weighted by atomic mass is 15.2. The number of nitrogens with zero attached hydrogens (tertiary/aromatic N) is 5. The topological polar surface area (TPSA) is 70.6 Å². The Labute approximate surface area is 141 Å². The molecule has 4 rings (SSSR count). The maximum absolute atomic E-state index is 4.77. The van der Waals surface area contributed by atoms with Crippen LogP contribution in [0.25, 0.3) is 11.4 Å². The number of hydrogen-bond acceptors (Lipinski definition) is 5. The van der Waals surface area contributed by atoms with Crippen LogP contribution in [0.5, 0.6) is 0 Å². The second kappa shape index (κ2) is 6.39. The van der Waals surface area contributed by atoms with Crippen LogP contribution in [-0.4, -0.2) is 38.2 Å². The largest absolute Gasteiger partial charge is 0.356 e. The molecule has 24 heavy (non-hydrogen) atoms. The molecule has 1 N–H and O–H groups in total. The van der Waals surface area contributed by atoms with Crippen molar-refractivity contribution in [2.24, 2.45) is 0 Å². The van der Waals surface area contributed by atoms with E-state index in [0.29, 0.717) is 5.92 Å². The standard InChI is InChI=1S/C18H20N6/c1-13-11-17(22-18(21-13)15-3-2-7-19-12-15)24-9-5-14(6-10-24)16-4-8-20-23-16/h2-4,7-8,11-12,14H,5-6,9-10H2,1H3,(H,20,23). The minimum atomic E-state index is 0.560. The Morgan fingerprint density at radius 3 is 2.71 bits per heavy atom. The first-order chi connectivity index (χ1) is 11.8. The molecule has 0 aromatic carbocycles. The van der Waals surface area contributed by atoms with Crippen LogP contribution in [0.2, 0.25) is 0 Å². The number of nitrogens with one attached hydrogen (secondary N) is 1. The smallest absolute Gasteiger partial charge is 0.163 e. The van der Waals surface area contributed by atoms with Gasteiger partial charge in [0.15, 0.2) is 5.82 Å². The van der Waals surface area contributed by atoms with Crippen molar-refractivity contribution in [2.75, 3.05) is 18.0 Å². The van der Waals surface area contributed by atoms with E-state index in [1.54, 1.807) is 6.20 Å². The van der Waals surface area contributed by atoms with Crippen LogP contribution >= 0.6 is 0 Å². The van der Waals surface area contributed by atoms with Crippen molar-refractivity contribution in [1.29, 1.82) is 0 Å². The van der Waals surface area contributed by atoms with E-state index in [1.165, 1.54) is 5.69 Å². The zero-order chi connectivity index (χ0) is 16.4. The maximum atomic E-state index is 4.77. The normalized spacial score (nSPS) is 15.6. The van der Waals surface area contributed by atoms with Gasteiger partial charge in [-0.2, -0.15) is 5.10 Å². The number of H-pyrrole nitrogens is 1. The van der Waals surface area contributed by atoms with E-state index in [2.05, 4.69) is 37.2 Å². The number of aromatic nitrogens is 5. The monoisotopic (exact) mass is 320 g/mol. The van der Waals surface area contributed by atoms with Gasteiger partial charge in [0.25, 0.3) is 0 Å². The first kappa shape index (κ1) is 14.8. The molecule has 1 aliphatic rings. The van der Waals surface area contributed by atoms with E-state index in [0.717, 1.165) is 48.8 Å². The van der Waals surface area contributed by atoms with Crippen LogP contribution in [0.1, 0.15) is 30.1 Å². The molecule has 0 aliphatic carbocycles. The van der Waals surface area contributed by atoms with Crippen LogP contribution in [0.4, 0.5) is 5.82 Å². The molecule has 0 atom stereocenters. The van der Waals surface area contributed by atoms with E-state index >= 15 is 0 Å². The molecule has 3 aromatic heterocycles. The van der Waals surface area contributed by atoms with Gasteiger partial charge in [-0.05, 0) is 38.0 Å². The van der Waals surface area contributed by atoms with Crippen molar-refractivity contribution >= 4 is 5.82 Å². The Balaban J connectivity index is 1.54. The Hall–Kier alpha value is -2.76. The van der Waals surface area contributed by atoms with Crippen molar-refractivity contribution in [1.82, 2.24) is 25.1 Å². The van der Waals surface area contributed by atoms with Crippen molar-refractivity contribution in [3.05, 3.63) is 54.2 Å². The van der Waals surface area contributed by atoms with Gasteiger partial charge < -0.3 is 4.90 Å². The third kappa shape index (κ3) is 2.99. The van der Waals surface area contributed by atoms with Gasteiger partial charge >= 0.3 is 0 Å². The van der Waals surface area contributed by atoms with Crippen LogP contribution in [0, 0.1) is 6.92 Å². The average molecular weight is 320 g/mol. The summed E-state index contributed by atoms with van der Waals surface area (Å²) >= 11 is 0. The molecule has 0 amide bonds. The van der Waals surface area contributed by atoms with Crippen LogP contribution < -0.4 is 4.90 Å². The molecule has 0 spiro atoms. The Bertz CT molecular complexity index is 792. The van der Waals surface area contributed by atoms with E-state index in [1.807, 2.05) is 31.5 Å². The van der Waals surface area contributed by atoms with E-state index in [-0.39, 0.29) is 0 Å². The lowest BCUT2D eigenvalue weighted by molar-refractivity contribution is 0.493. The quantitative estimate of drug-likeness (QED) is 0.803. The molecule has 1 aliphatic heterocycles. The molecule has 6 nitrogen and oxygen atoms in total. The number of aryl methyl sites for hydroxylation is 1. The summed E-state index contributed by atoms with van der Waals surface area (Å²) in [6.07, 6.45) is 7.61. The summed E-state index contributed by atoms with van der Waals surface area (Å²) in [4.78, 5) is 15.9. The minimum absolute atomic E-state index is 0.560. The highest BCUT2D eigenvalue weighted by molar-refractivity contribution is 5.56. The van der Waals surface area contributed by atoms with Gasteiger partial charge in [0.2, 0.25) is 0 Å². The fourth-order valence-corrected chi connectivity index (χ4v) is 3.25. The molecule has 6 heteroatoms. The van der Waals surface area contributed by atoms with Crippen molar-refractivity contribution in [3.63, 3.8) is 0 Å². The highest BCUT2D eigenvalue weighted by Crippen LogP contribution is 2.29.